The number of benzene rings is 1. The van der Waals surface area contributed by atoms with Crippen molar-refractivity contribution in [3.63, 3.8) is 0 Å². The topological polar surface area (TPSA) is 52.0 Å². The van der Waals surface area contributed by atoms with Crippen LogP contribution >= 0.6 is 0 Å². The van der Waals surface area contributed by atoms with Gasteiger partial charge < -0.3 is 10.1 Å². The van der Waals surface area contributed by atoms with Crippen molar-refractivity contribution < 1.29 is 4.74 Å². The van der Waals surface area contributed by atoms with E-state index >= 15 is 0 Å². The highest BCUT2D eigenvalue weighted by molar-refractivity contribution is 5.27. The summed E-state index contributed by atoms with van der Waals surface area (Å²) in [4.78, 5) is 4.24. The molecule has 0 bridgehead atoms. The first-order valence-corrected chi connectivity index (χ1v) is 7.48. The smallest absolute Gasteiger partial charge is 0.164 e. The Kier molecular flexibility index (Phi) is 5.75. The second-order valence-corrected chi connectivity index (χ2v) is 5.23. The molecule has 0 aliphatic heterocycles. The lowest BCUT2D eigenvalue weighted by atomic mass is 10.1. The predicted octanol–water partition coefficient (Wildman–Crippen LogP) is 2.42. The number of aromatic nitrogens is 3. The van der Waals surface area contributed by atoms with Crippen molar-refractivity contribution in [2.24, 2.45) is 0 Å². The number of aryl methyl sites for hydroxylation is 1. The molecule has 0 fully saturated rings. The van der Waals surface area contributed by atoms with Crippen molar-refractivity contribution in [1.29, 1.82) is 0 Å². The minimum Gasteiger partial charge on any atom is -0.486 e. The van der Waals surface area contributed by atoms with E-state index in [1.165, 1.54) is 5.56 Å². The van der Waals surface area contributed by atoms with E-state index in [1.54, 1.807) is 6.33 Å². The van der Waals surface area contributed by atoms with E-state index in [1.807, 2.05) is 23.9 Å². The van der Waals surface area contributed by atoms with Gasteiger partial charge in [0.2, 0.25) is 0 Å². The van der Waals surface area contributed by atoms with Gasteiger partial charge in [0.25, 0.3) is 0 Å². The van der Waals surface area contributed by atoms with E-state index in [-0.39, 0.29) is 0 Å². The quantitative estimate of drug-likeness (QED) is 0.810. The van der Waals surface area contributed by atoms with Crippen LogP contribution < -0.4 is 10.1 Å². The normalized spacial score (nSPS) is 12.3. The van der Waals surface area contributed by atoms with Crippen molar-refractivity contribution >= 4 is 0 Å². The van der Waals surface area contributed by atoms with Gasteiger partial charge in [0.1, 0.15) is 18.7 Å². The molecule has 0 saturated heterocycles. The van der Waals surface area contributed by atoms with Gasteiger partial charge in [-0.3, -0.25) is 0 Å². The van der Waals surface area contributed by atoms with Crippen LogP contribution in [0.5, 0.6) is 5.75 Å². The standard InChI is InChI=1S/C16H24N4O/c1-4-9-20-16(18-12-19-20)11-21-15-7-5-14(6-8-15)10-13(2)17-3/h5-8,12-13,17H,4,9-11H2,1-3H3. The number of ether oxygens (including phenoxy) is 1. The minimum atomic E-state index is 0.451. The van der Waals surface area contributed by atoms with Gasteiger partial charge in [0.15, 0.2) is 5.82 Å². The number of likely N-dealkylation sites (N-methyl/N-ethyl adjacent to an activating group) is 1. The fourth-order valence-electron chi connectivity index (χ4n) is 2.12. The van der Waals surface area contributed by atoms with Crippen molar-refractivity contribution in [1.82, 2.24) is 20.1 Å². The third-order valence-corrected chi connectivity index (χ3v) is 3.46. The molecule has 0 aliphatic carbocycles. The lowest BCUT2D eigenvalue weighted by molar-refractivity contribution is 0.286. The molecule has 1 aromatic heterocycles. The Morgan fingerprint density at radius 3 is 2.71 bits per heavy atom. The number of rotatable bonds is 8. The van der Waals surface area contributed by atoms with Crippen molar-refractivity contribution in [3.05, 3.63) is 42.0 Å². The van der Waals surface area contributed by atoms with E-state index < -0.39 is 0 Å². The summed E-state index contributed by atoms with van der Waals surface area (Å²) in [6, 6.07) is 8.72. The lowest BCUT2D eigenvalue weighted by Crippen LogP contribution is -2.23. The number of nitrogens with zero attached hydrogens (tertiary/aromatic N) is 3. The monoisotopic (exact) mass is 288 g/mol. The largest absolute Gasteiger partial charge is 0.486 e. The number of nitrogens with one attached hydrogen (secondary N) is 1. The van der Waals surface area contributed by atoms with Crippen LogP contribution in [0, 0.1) is 0 Å². The molecule has 0 aliphatic rings. The molecule has 2 aromatic rings. The van der Waals surface area contributed by atoms with Gasteiger partial charge in [0, 0.05) is 12.6 Å². The Hall–Kier alpha value is -1.88. The van der Waals surface area contributed by atoms with Crippen LogP contribution in [0.15, 0.2) is 30.6 Å². The first-order valence-electron chi connectivity index (χ1n) is 7.48. The Morgan fingerprint density at radius 1 is 1.29 bits per heavy atom. The molecule has 21 heavy (non-hydrogen) atoms. The molecule has 5 heteroatoms. The third-order valence-electron chi connectivity index (χ3n) is 3.46. The zero-order valence-corrected chi connectivity index (χ0v) is 13.0. The van der Waals surface area contributed by atoms with Gasteiger partial charge in [-0.1, -0.05) is 19.1 Å². The van der Waals surface area contributed by atoms with Crippen LogP contribution in [0.1, 0.15) is 31.7 Å². The SMILES string of the molecule is CCCn1ncnc1COc1ccc(CC(C)NC)cc1. The summed E-state index contributed by atoms with van der Waals surface area (Å²) in [5, 5.41) is 7.43. The average molecular weight is 288 g/mol. The highest BCUT2D eigenvalue weighted by atomic mass is 16.5. The van der Waals surface area contributed by atoms with Crippen molar-refractivity contribution in [2.75, 3.05) is 7.05 Å². The zero-order valence-electron chi connectivity index (χ0n) is 13.0. The van der Waals surface area contributed by atoms with Crippen LogP contribution in [0.2, 0.25) is 0 Å². The first kappa shape index (κ1) is 15.5. The second-order valence-electron chi connectivity index (χ2n) is 5.23. The van der Waals surface area contributed by atoms with Crippen LogP contribution in [0.4, 0.5) is 0 Å². The van der Waals surface area contributed by atoms with E-state index in [0.29, 0.717) is 12.6 Å². The number of hydrogen-bond acceptors (Lipinski definition) is 4. The van der Waals surface area contributed by atoms with Gasteiger partial charge in [-0.25, -0.2) is 9.67 Å². The summed E-state index contributed by atoms with van der Waals surface area (Å²) < 4.78 is 7.68. The maximum atomic E-state index is 5.78. The molecule has 5 nitrogen and oxygen atoms in total. The molecule has 0 amide bonds. The summed E-state index contributed by atoms with van der Waals surface area (Å²) in [6.07, 6.45) is 3.63. The van der Waals surface area contributed by atoms with Crippen molar-refractivity contribution in [2.45, 2.75) is 45.9 Å². The van der Waals surface area contributed by atoms with Crippen LogP contribution in [-0.2, 0) is 19.6 Å². The fourth-order valence-corrected chi connectivity index (χ4v) is 2.12. The van der Waals surface area contributed by atoms with E-state index in [4.69, 9.17) is 4.74 Å². The predicted molar refractivity (Wildman–Crippen MR) is 83.3 cm³/mol. The molecule has 0 spiro atoms. The third kappa shape index (κ3) is 4.56. The van der Waals surface area contributed by atoms with Gasteiger partial charge in [-0.2, -0.15) is 5.10 Å². The molecule has 0 radical (unpaired) electrons. The summed E-state index contributed by atoms with van der Waals surface area (Å²) in [7, 11) is 1.98. The molecule has 0 saturated carbocycles. The van der Waals surface area contributed by atoms with E-state index in [2.05, 4.69) is 41.4 Å². The molecule has 2 rings (SSSR count). The molecule has 1 atom stereocenters. The summed E-state index contributed by atoms with van der Waals surface area (Å²) in [5.74, 6) is 1.73. The maximum Gasteiger partial charge on any atom is 0.164 e. The molecule has 1 N–H and O–H groups in total. The van der Waals surface area contributed by atoms with Gasteiger partial charge in [-0.05, 0) is 44.5 Å². The molecule has 1 aromatic carbocycles. The molecular weight excluding hydrogens is 264 g/mol. The van der Waals surface area contributed by atoms with Gasteiger partial charge >= 0.3 is 0 Å². The van der Waals surface area contributed by atoms with Gasteiger partial charge in [-0.15, -0.1) is 0 Å². The summed E-state index contributed by atoms with van der Waals surface area (Å²) in [6.45, 7) is 5.62. The molecular formula is C16H24N4O. The van der Waals surface area contributed by atoms with Crippen LogP contribution in [0.3, 0.4) is 0 Å². The maximum absolute atomic E-state index is 5.78. The Bertz CT molecular complexity index is 535. The molecule has 1 heterocycles. The second kappa shape index (κ2) is 7.78. The van der Waals surface area contributed by atoms with Gasteiger partial charge in [0.05, 0.1) is 0 Å². The Labute approximate surface area is 126 Å². The lowest BCUT2D eigenvalue weighted by Gasteiger charge is -2.11. The highest BCUT2D eigenvalue weighted by Crippen LogP contribution is 2.14. The molecule has 1 unspecified atom stereocenters. The Morgan fingerprint density at radius 2 is 2.05 bits per heavy atom. The van der Waals surface area contributed by atoms with Crippen molar-refractivity contribution in [3.8, 4) is 5.75 Å². The highest BCUT2D eigenvalue weighted by Gasteiger charge is 2.05. The van der Waals surface area contributed by atoms with E-state index in [0.717, 1.165) is 31.0 Å². The summed E-state index contributed by atoms with van der Waals surface area (Å²) >= 11 is 0. The fraction of sp³-hybridized carbons (Fsp3) is 0.500. The minimum absolute atomic E-state index is 0.451. The first-order chi connectivity index (χ1) is 10.2. The molecule has 114 valence electrons. The van der Waals surface area contributed by atoms with E-state index in [9.17, 15) is 0 Å². The zero-order chi connectivity index (χ0) is 15.1. The number of hydrogen-bond donors (Lipinski definition) is 1. The van der Waals surface area contributed by atoms with Crippen LogP contribution in [0.25, 0.3) is 0 Å². The Balaban J connectivity index is 1.90. The average Bonchev–Trinajstić information content (AvgIpc) is 2.94. The summed E-state index contributed by atoms with van der Waals surface area (Å²) in [5.41, 5.74) is 1.30. The van der Waals surface area contributed by atoms with Crippen LogP contribution in [-0.4, -0.2) is 27.9 Å².